The molecule has 0 aromatic carbocycles. The summed E-state index contributed by atoms with van der Waals surface area (Å²) in [7, 11) is 0. The maximum Gasteiger partial charge on any atom is 0.168 e. The number of hydrogen-bond donors (Lipinski definition) is 3. The molecule has 3 N–H and O–H groups in total. The van der Waals surface area contributed by atoms with E-state index in [0.29, 0.717) is 17.3 Å². The molecule has 160 valence electrons. The molecule has 1 aliphatic heterocycles. The van der Waals surface area contributed by atoms with Gasteiger partial charge in [-0.1, -0.05) is 0 Å². The maximum atomic E-state index is 14.5. The first-order valence-electron chi connectivity index (χ1n) is 10.5. The van der Waals surface area contributed by atoms with Gasteiger partial charge in [0.1, 0.15) is 5.52 Å². The van der Waals surface area contributed by atoms with Gasteiger partial charge < -0.3 is 15.2 Å². The van der Waals surface area contributed by atoms with Crippen molar-refractivity contribution < 1.29 is 4.39 Å². The number of nitrogens with zero attached hydrogens (tertiary/aromatic N) is 6. The molecule has 0 amide bonds. The number of piperidine rings is 1. The van der Waals surface area contributed by atoms with Crippen LogP contribution in [0.3, 0.4) is 0 Å². The van der Waals surface area contributed by atoms with Crippen LogP contribution in [-0.2, 0) is 0 Å². The number of anilines is 2. The van der Waals surface area contributed by atoms with Crippen LogP contribution in [0.25, 0.3) is 33.3 Å². The Morgan fingerprint density at radius 2 is 1.97 bits per heavy atom. The average molecular weight is 429 g/mol. The number of H-pyrrole nitrogens is 1. The second kappa shape index (κ2) is 7.65. The summed E-state index contributed by atoms with van der Waals surface area (Å²) in [5.41, 5.74) is 3.30. The lowest BCUT2D eigenvalue weighted by Gasteiger charge is -2.24. The molecule has 1 aliphatic rings. The van der Waals surface area contributed by atoms with E-state index >= 15 is 0 Å². The molecule has 0 saturated carbocycles. The predicted molar refractivity (Wildman–Crippen MR) is 119 cm³/mol. The molecule has 1 saturated heterocycles. The van der Waals surface area contributed by atoms with Gasteiger partial charge in [-0.3, -0.25) is 15.1 Å². The lowest BCUT2D eigenvalue weighted by molar-refractivity contribution is 0.372. The lowest BCUT2D eigenvalue weighted by atomic mass is 10.1. The Labute approximate surface area is 182 Å². The summed E-state index contributed by atoms with van der Waals surface area (Å²) < 4.78 is 16.4. The summed E-state index contributed by atoms with van der Waals surface area (Å²) in [5.74, 6) is 0.718. The Morgan fingerprint density at radius 3 is 2.88 bits per heavy atom. The van der Waals surface area contributed by atoms with Crippen LogP contribution >= 0.6 is 0 Å². The zero-order valence-electron chi connectivity index (χ0n) is 17.1. The van der Waals surface area contributed by atoms with Crippen molar-refractivity contribution in [1.29, 1.82) is 0 Å². The van der Waals surface area contributed by atoms with Crippen molar-refractivity contribution in [1.82, 2.24) is 40.0 Å². The Morgan fingerprint density at radius 1 is 1.06 bits per heavy atom. The Balaban J connectivity index is 1.32. The molecule has 0 bridgehead atoms. The minimum absolute atomic E-state index is 0.205. The van der Waals surface area contributed by atoms with E-state index in [4.69, 9.17) is 0 Å². The molecule has 0 aliphatic carbocycles. The molecule has 0 spiro atoms. The summed E-state index contributed by atoms with van der Waals surface area (Å²) in [6.45, 7) is 1.82. The summed E-state index contributed by atoms with van der Waals surface area (Å²) in [6.07, 6.45) is 10.2. The fraction of sp³-hybridized carbons (Fsp3) is 0.227. The second-order valence-corrected chi connectivity index (χ2v) is 7.85. The van der Waals surface area contributed by atoms with Gasteiger partial charge in [0.05, 0.1) is 17.4 Å². The first-order chi connectivity index (χ1) is 15.8. The molecular weight excluding hydrogens is 409 g/mol. The highest BCUT2D eigenvalue weighted by Crippen LogP contribution is 2.29. The molecule has 9 nitrogen and oxygen atoms in total. The average Bonchev–Trinajstić information content (AvgIpc) is 3.43. The van der Waals surface area contributed by atoms with Crippen LogP contribution in [0.5, 0.6) is 0 Å². The lowest BCUT2D eigenvalue weighted by Crippen LogP contribution is -2.29. The number of aromatic nitrogens is 7. The third-order valence-electron chi connectivity index (χ3n) is 5.81. The van der Waals surface area contributed by atoms with E-state index in [9.17, 15) is 4.39 Å². The molecule has 1 fully saturated rings. The van der Waals surface area contributed by atoms with E-state index in [1.54, 1.807) is 18.6 Å². The highest BCUT2D eigenvalue weighted by molar-refractivity contribution is 5.91. The minimum atomic E-state index is -0.351. The van der Waals surface area contributed by atoms with Crippen LogP contribution in [-0.4, -0.2) is 47.8 Å². The van der Waals surface area contributed by atoms with E-state index in [-0.39, 0.29) is 17.4 Å². The van der Waals surface area contributed by atoms with Crippen molar-refractivity contribution in [3.8, 4) is 11.3 Å². The van der Waals surface area contributed by atoms with Gasteiger partial charge in [0, 0.05) is 47.8 Å². The van der Waals surface area contributed by atoms with E-state index in [2.05, 4.69) is 40.8 Å². The highest BCUT2D eigenvalue weighted by atomic mass is 19.1. The molecule has 6 heterocycles. The molecule has 5 aromatic heterocycles. The van der Waals surface area contributed by atoms with Crippen molar-refractivity contribution in [2.45, 2.75) is 18.9 Å². The smallest absolute Gasteiger partial charge is 0.168 e. The largest absolute Gasteiger partial charge is 0.325 e. The first kappa shape index (κ1) is 18.8. The monoisotopic (exact) mass is 429 g/mol. The molecule has 32 heavy (non-hydrogen) atoms. The Bertz CT molecular complexity index is 1410. The van der Waals surface area contributed by atoms with Crippen LogP contribution in [0, 0.1) is 5.82 Å². The van der Waals surface area contributed by atoms with Crippen molar-refractivity contribution in [2.24, 2.45) is 0 Å². The zero-order chi connectivity index (χ0) is 21.5. The van der Waals surface area contributed by atoms with Gasteiger partial charge in [-0.2, -0.15) is 5.10 Å². The van der Waals surface area contributed by atoms with Crippen molar-refractivity contribution >= 4 is 33.7 Å². The van der Waals surface area contributed by atoms with Gasteiger partial charge in [0.2, 0.25) is 0 Å². The van der Waals surface area contributed by atoms with Crippen LogP contribution in [0.15, 0.2) is 49.2 Å². The number of aromatic amines is 1. The van der Waals surface area contributed by atoms with Gasteiger partial charge in [-0.15, -0.1) is 0 Å². The van der Waals surface area contributed by atoms with Gasteiger partial charge in [0.15, 0.2) is 23.1 Å². The van der Waals surface area contributed by atoms with Crippen molar-refractivity contribution in [3.05, 3.63) is 55.0 Å². The van der Waals surface area contributed by atoms with Crippen molar-refractivity contribution in [2.75, 3.05) is 18.4 Å². The number of hydrogen-bond acceptors (Lipinski definition) is 7. The summed E-state index contributed by atoms with van der Waals surface area (Å²) in [6, 6.07) is 5.92. The topological polar surface area (TPSA) is 109 Å². The van der Waals surface area contributed by atoms with Gasteiger partial charge >= 0.3 is 0 Å². The highest BCUT2D eigenvalue weighted by Gasteiger charge is 2.21. The predicted octanol–water partition coefficient (Wildman–Crippen LogP) is 3.57. The summed E-state index contributed by atoms with van der Waals surface area (Å²) in [4.78, 5) is 17.7. The molecule has 10 heteroatoms. The number of fused-ring (bicyclic) bond motifs is 2. The van der Waals surface area contributed by atoms with E-state index in [1.165, 1.54) is 12.4 Å². The summed E-state index contributed by atoms with van der Waals surface area (Å²) in [5, 5.41) is 14.8. The van der Waals surface area contributed by atoms with Crippen LogP contribution in [0.4, 0.5) is 16.0 Å². The van der Waals surface area contributed by atoms with Crippen molar-refractivity contribution in [3.63, 3.8) is 0 Å². The Hall–Kier alpha value is -3.92. The fourth-order valence-electron chi connectivity index (χ4n) is 4.25. The molecule has 0 radical (unpaired) electrons. The van der Waals surface area contributed by atoms with Crippen LogP contribution in [0.1, 0.15) is 18.9 Å². The minimum Gasteiger partial charge on any atom is -0.325 e. The molecule has 6 rings (SSSR count). The second-order valence-electron chi connectivity index (χ2n) is 7.85. The zero-order valence-corrected chi connectivity index (χ0v) is 17.1. The summed E-state index contributed by atoms with van der Waals surface area (Å²) >= 11 is 0. The number of pyridine rings is 2. The SMILES string of the molecule is Fc1cn(C2CCNCC2)c2nc(Nc3cc(-c4cncc5cccnc45)[nH]n3)cnc12. The molecule has 0 unspecified atom stereocenters. The molecule has 0 atom stereocenters. The normalized spacial score (nSPS) is 14.9. The third-order valence-corrected chi connectivity index (χ3v) is 5.81. The van der Waals surface area contributed by atoms with Crippen LogP contribution in [0.2, 0.25) is 0 Å². The third kappa shape index (κ3) is 3.25. The number of rotatable bonds is 4. The number of halogens is 1. The van der Waals surface area contributed by atoms with E-state index in [0.717, 1.165) is 48.1 Å². The molecular formula is C22H20FN9. The van der Waals surface area contributed by atoms with Gasteiger partial charge in [-0.25, -0.2) is 14.4 Å². The quantitative estimate of drug-likeness (QED) is 0.401. The standard InChI is InChI=1S/C22H20FN9/c23-16-12-32(14-3-6-24-7-4-14)22-21(16)27-11-19(29-22)28-18-8-17(30-31-18)15-10-25-9-13-2-1-5-26-20(13)15/h1-2,5,8-12,14,24H,3-4,6-7H2,(H2,28,29,30,31). The van der Waals surface area contributed by atoms with Gasteiger partial charge in [0.25, 0.3) is 0 Å². The maximum absolute atomic E-state index is 14.5. The van der Waals surface area contributed by atoms with E-state index < -0.39 is 0 Å². The first-order valence-corrected chi connectivity index (χ1v) is 10.5. The van der Waals surface area contributed by atoms with Gasteiger partial charge in [-0.05, 0) is 38.1 Å². The fourth-order valence-corrected chi connectivity index (χ4v) is 4.25. The Kier molecular flexibility index (Phi) is 4.50. The number of nitrogens with one attached hydrogen (secondary N) is 3. The molecule has 5 aromatic rings. The van der Waals surface area contributed by atoms with Crippen LogP contribution < -0.4 is 10.6 Å². The van der Waals surface area contributed by atoms with E-state index in [1.807, 2.05) is 22.8 Å².